The molecular weight excluding hydrogens is 380 g/mol. The summed E-state index contributed by atoms with van der Waals surface area (Å²) in [6.45, 7) is 2.79. The van der Waals surface area contributed by atoms with E-state index in [1.807, 2.05) is 0 Å². The minimum atomic E-state index is -2.05. The first-order valence-corrected chi connectivity index (χ1v) is 8.18. The number of benzene rings is 2. The van der Waals surface area contributed by atoms with E-state index in [0.29, 0.717) is 5.69 Å². The largest absolute Gasteiger partial charge is 0.462 e. The summed E-state index contributed by atoms with van der Waals surface area (Å²) in [4.78, 5) is 12.3. The Labute approximate surface area is 156 Å². The van der Waals surface area contributed by atoms with Gasteiger partial charge < -0.3 is 9.15 Å². The fourth-order valence-corrected chi connectivity index (χ4v) is 2.60. The van der Waals surface area contributed by atoms with Crippen LogP contribution in [0.15, 0.2) is 39.9 Å². The lowest BCUT2D eigenvalue weighted by atomic mass is 10.1. The topological polar surface area (TPSA) is 63.8 Å². The maximum absolute atomic E-state index is 14.5. The molecular formula is C19H14F4N2O3. The number of fused-ring (bicyclic) bond motifs is 1. The van der Waals surface area contributed by atoms with Gasteiger partial charge in [0.15, 0.2) is 17.2 Å². The molecule has 28 heavy (non-hydrogen) atoms. The third kappa shape index (κ3) is 3.30. The predicted molar refractivity (Wildman–Crippen MR) is 92.4 cm³/mol. The fourth-order valence-electron chi connectivity index (χ4n) is 2.60. The van der Waals surface area contributed by atoms with Crippen LogP contribution in [0.4, 0.5) is 23.2 Å². The number of nitrogens with zero attached hydrogens (tertiary/aromatic N) is 1. The number of anilines is 1. The van der Waals surface area contributed by atoms with Gasteiger partial charge in [0.05, 0.1) is 17.7 Å². The number of carbonyl (C=O) groups is 1. The fraction of sp³-hybridized carbons (Fsp3) is 0.158. The second kappa shape index (κ2) is 7.71. The van der Waals surface area contributed by atoms with Crippen LogP contribution in [-0.4, -0.2) is 12.6 Å². The number of ether oxygens (including phenoxy) is 1. The summed E-state index contributed by atoms with van der Waals surface area (Å²) in [6.07, 6.45) is 0. The first kappa shape index (κ1) is 19.4. The highest BCUT2D eigenvalue weighted by molar-refractivity contribution is 5.94. The molecule has 0 spiro atoms. The molecule has 2 aromatic carbocycles. The Hall–Kier alpha value is -3.36. The molecule has 1 N–H and O–H groups in total. The number of hydrogen-bond donors (Lipinski definition) is 1. The molecule has 0 atom stereocenters. The summed E-state index contributed by atoms with van der Waals surface area (Å²) < 4.78 is 66.2. The second-order valence-corrected chi connectivity index (χ2v) is 5.65. The molecule has 1 heterocycles. The van der Waals surface area contributed by atoms with E-state index in [4.69, 9.17) is 9.15 Å². The molecule has 3 rings (SSSR count). The van der Waals surface area contributed by atoms with E-state index in [1.54, 1.807) is 37.3 Å². The zero-order valence-electron chi connectivity index (χ0n) is 14.8. The van der Waals surface area contributed by atoms with Crippen LogP contribution >= 0.6 is 0 Å². The normalized spacial score (nSPS) is 11.7. The molecule has 0 unspecified atom stereocenters. The minimum Gasteiger partial charge on any atom is -0.462 e. The number of para-hydroxylation sites is 1. The maximum Gasteiger partial charge on any atom is 0.343 e. The van der Waals surface area contributed by atoms with Crippen molar-refractivity contribution in [3.63, 3.8) is 0 Å². The van der Waals surface area contributed by atoms with E-state index < -0.39 is 45.6 Å². The number of esters is 1. The Morgan fingerprint density at radius 3 is 2.36 bits per heavy atom. The molecule has 146 valence electrons. The predicted octanol–water partition coefficient (Wildman–Crippen LogP) is 4.40. The van der Waals surface area contributed by atoms with E-state index in [9.17, 15) is 22.4 Å². The van der Waals surface area contributed by atoms with E-state index >= 15 is 0 Å². The molecule has 0 saturated heterocycles. The molecule has 0 saturated carbocycles. The van der Waals surface area contributed by atoms with Crippen molar-refractivity contribution in [2.45, 2.75) is 13.8 Å². The lowest BCUT2D eigenvalue weighted by Gasteiger charge is -2.11. The first-order valence-electron chi connectivity index (χ1n) is 8.18. The Morgan fingerprint density at radius 1 is 1.07 bits per heavy atom. The van der Waals surface area contributed by atoms with Crippen molar-refractivity contribution in [2.75, 3.05) is 12.0 Å². The Morgan fingerprint density at radius 2 is 1.71 bits per heavy atom. The highest BCUT2D eigenvalue weighted by atomic mass is 19.2. The van der Waals surface area contributed by atoms with Gasteiger partial charge in [-0.1, -0.05) is 18.2 Å². The molecule has 9 heteroatoms. The molecule has 0 fully saturated rings. The third-order valence-corrected chi connectivity index (χ3v) is 3.85. The lowest BCUT2D eigenvalue weighted by Crippen LogP contribution is -2.24. The van der Waals surface area contributed by atoms with Crippen LogP contribution < -0.4 is 10.8 Å². The summed E-state index contributed by atoms with van der Waals surface area (Å²) in [5, 5.41) is 2.63. The van der Waals surface area contributed by atoms with Crippen LogP contribution in [0.1, 0.15) is 23.0 Å². The summed E-state index contributed by atoms with van der Waals surface area (Å²) in [6, 6.07) is 8.34. The first-order chi connectivity index (χ1) is 13.4. The van der Waals surface area contributed by atoms with Crippen molar-refractivity contribution in [3.8, 4) is 0 Å². The Balaban J connectivity index is 2.41. The van der Waals surface area contributed by atoms with Gasteiger partial charge in [-0.05, 0) is 26.0 Å². The summed E-state index contributed by atoms with van der Waals surface area (Å²) in [5.74, 6) is -8.69. The van der Waals surface area contributed by atoms with Crippen LogP contribution in [0, 0.1) is 30.2 Å². The average molecular weight is 394 g/mol. The van der Waals surface area contributed by atoms with Crippen molar-refractivity contribution >= 4 is 22.6 Å². The number of nitrogens with one attached hydrogen (secondary N) is 1. The Kier molecular flexibility index (Phi) is 5.34. The van der Waals surface area contributed by atoms with E-state index in [2.05, 4.69) is 10.5 Å². The maximum atomic E-state index is 14.5. The van der Waals surface area contributed by atoms with Crippen LogP contribution in [-0.2, 0) is 4.74 Å². The van der Waals surface area contributed by atoms with Gasteiger partial charge in [0.2, 0.25) is 11.6 Å². The zero-order valence-corrected chi connectivity index (χ0v) is 14.8. The van der Waals surface area contributed by atoms with Crippen LogP contribution in [0.25, 0.3) is 11.0 Å². The summed E-state index contributed by atoms with van der Waals surface area (Å²) in [5.41, 5.74) is 1.77. The summed E-state index contributed by atoms with van der Waals surface area (Å²) >= 11 is 0. The van der Waals surface area contributed by atoms with Gasteiger partial charge in [0, 0.05) is 0 Å². The number of rotatable bonds is 4. The SMILES string of the molecule is CCOC(=O)c1c(C)oc2c(F)c(F)c(F)c(F)c2/c1=N\Nc1ccccc1. The van der Waals surface area contributed by atoms with Crippen molar-refractivity contribution < 1.29 is 31.5 Å². The number of hydrogen-bond acceptors (Lipinski definition) is 5. The lowest BCUT2D eigenvalue weighted by molar-refractivity contribution is 0.0520. The monoisotopic (exact) mass is 394 g/mol. The van der Waals surface area contributed by atoms with Crippen LogP contribution in [0.5, 0.6) is 0 Å². The minimum absolute atomic E-state index is 0.0174. The molecule has 0 amide bonds. The molecule has 1 aromatic heterocycles. The molecule has 0 aliphatic carbocycles. The highest BCUT2D eigenvalue weighted by Gasteiger charge is 2.28. The van der Waals surface area contributed by atoms with Crippen molar-refractivity contribution in [1.29, 1.82) is 0 Å². The average Bonchev–Trinajstić information content (AvgIpc) is 2.69. The van der Waals surface area contributed by atoms with Crippen LogP contribution in [0.3, 0.4) is 0 Å². The number of carbonyl (C=O) groups excluding carboxylic acids is 1. The summed E-state index contributed by atoms with van der Waals surface area (Å²) in [7, 11) is 0. The second-order valence-electron chi connectivity index (χ2n) is 5.65. The molecule has 0 bridgehead atoms. The van der Waals surface area contributed by atoms with Gasteiger partial charge in [-0.3, -0.25) is 5.43 Å². The van der Waals surface area contributed by atoms with E-state index in [1.165, 1.54) is 6.92 Å². The Bertz CT molecular complexity index is 1130. The molecule has 3 aromatic rings. The third-order valence-electron chi connectivity index (χ3n) is 3.85. The van der Waals surface area contributed by atoms with Crippen LogP contribution in [0.2, 0.25) is 0 Å². The van der Waals surface area contributed by atoms with Gasteiger partial charge in [0.25, 0.3) is 0 Å². The number of aryl methyl sites for hydroxylation is 1. The van der Waals surface area contributed by atoms with E-state index in [-0.39, 0.29) is 17.9 Å². The smallest absolute Gasteiger partial charge is 0.343 e. The van der Waals surface area contributed by atoms with Crippen molar-refractivity contribution in [1.82, 2.24) is 0 Å². The quantitative estimate of drug-likeness (QED) is 0.234. The number of halogens is 4. The molecule has 0 aliphatic rings. The van der Waals surface area contributed by atoms with Crippen molar-refractivity contribution in [2.24, 2.45) is 5.10 Å². The van der Waals surface area contributed by atoms with E-state index in [0.717, 1.165) is 0 Å². The standard InChI is InChI=1S/C19H14F4N2O3/c1-3-27-19(26)11-9(2)28-18-12(13(20)14(21)15(22)16(18)23)17(11)25-24-10-7-5-4-6-8-10/h4-8,24H,3H2,1-2H3/b25-17-. The highest BCUT2D eigenvalue weighted by Crippen LogP contribution is 2.27. The molecule has 5 nitrogen and oxygen atoms in total. The van der Waals surface area contributed by atoms with Gasteiger partial charge in [-0.25, -0.2) is 18.0 Å². The molecule has 0 radical (unpaired) electrons. The molecule has 0 aliphatic heterocycles. The van der Waals surface area contributed by atoms with Gasteiger partial charge in [0.1, 0.15) is 16.7 Å². The van der Waals surface area contributed by atoms with Crippen molar-refractivity contribution in [3.05, 3.63) is 70.3 Å². The van der Waals surface area contributed by atoms with Gasteiger partial charge >= 0.3 is 5.97 Å². The van der Waals surface area contributed by atoms with Gasteiger partial charge in [-0.15, -0.1) is 0 Å². The van der Waals surface area contributed by atoms with Gasteiger partial charge in [-0.2, -0.15) is 9.49 Å². The zero-order chi connectivity index (χ0) is 20.4.